The molecule has 5 heterocycles. The highest BCUT2D eigenvalue weighted by molar-refractivity contribution is 6.00. The van der Waals surface area contributed by atoms with Crippen LogP contribution < -0.4 is 10.5 Å². The number of pyridine rings is 1. The number of aromatic nitrogens is 6. The first-order valence-electron chi connectivity index (χ1n) is 17.1. The molecule has 1 amide bonds. The van der Waals surface area contributed by atoms with E-state index in [1.165, 1.54) is 25.1 Å². The number of likely N-dealkylation sites (tertiary alicyclic amines) is 1. The molecule has 2 aromatic carbocycles. The number of piperidine rings is 1. The average molecular weight is 670 g/mol. The number of ether oxygens (including phenoxy) is 1. The van der Waals surface area contributed by atoms with E-state index in [9.17, 15) is 9.18 Å². The summed E-state index contributed by atoms with van der Waals surface area (Å²) in [5.41, 5.74) is 11.3. The number of methoxy groups -OCH3 is 1. The van der Waals surface area contributed by atoms with Gasteiger partial charge in [0.2, 0.25) is 0 Å². The Bertz CT molecular complexity index is 2380. The van der Waals surface area contributed by atoms with Gasteiger partial charge in [0.15, 0.2) is 17.3 Å². The predicted molar refractivity (Wildman–Crippen MR) is 185 cm³/mol. The van der Waals surface area contributed by atoms with Gasteiger partial charge in [0.1, 0.15) is 17.3 Å². The molecule has 3 atom stereocenters. The maximum Gasteiger partial charge on any atom is 0.254 e. The molecule has 6 aromatic rings. The molecule has 252 valence electrons. The molecule has 50 heavy (non-hydrogen) atoms. The molecular formula is C38H36FN9O2. The number of para-hydroxylation sites is 1. The lowest BCUT2D eigenvalue weighted by atomic mass is 9.92. The van der Waals surface area contributed by atoms with E-state index >= 15 is 0 Å². The van der Waals surface area contributed by atoms with Crippen molar-refractivity contribution in [1.29, 1.82) is 5.26 Å². The van der Waals surface area contributed by atoms with Crippen LogP contribution in [-0.4, -0.2) is 64.9 Å². The molecule has 3 fully saturated rings. The van der Waals surface area contributed by atoms with Crippen molar-refractivity contribution < 1.29 is 13.9 Å². The highest BCUT2D eigenvalue weighted by Crippen LogP contribution is 2.45. The highest BCUT2D eigenvalue weighted by Gasteiger charge is 2.54. The number of hydrogen-bond acceptors (Lipinski definition) is 7. The van der Waals surface area contributed by atoms with Gasteiger partial charge in [-0.2, -0.15) is 10.4 Å². The van der Waals surface area contributed by atoms with Gasteiger partial charge in [-0.05, 0) is 68.7 Å². The summed E-state index contributed by atoms with van der Waals surface area (Å²) < 4.78 is 26.5. The Labute approximate surface area is 287 Å². The van der Waals surface area contributed by atoms with E-state index in [1.807, 2.05) is 29.3 Å². The monoisotopic (exact) mass is 669 g/mol. The predicted octanol–water partition coefficient (Wildman–Crippen LogP) is 5.67. The second kappa shape index (κ2) is 11.2. The normalized spacial score (nSPS) is 21.4. The van der Waals surface area contributed by atoms with Crippen molar-refractivity contribution in [3.63, 3.8) is 0 Å². The maximum atomic E-state index is 14.4. The molecule has 0 spiro atoms. The summed E-state index contributed by atoms with van der Waals surface area (Å²) in [6.45, 7) is 3.98. The van der Waals surface area contributed by atoms with Gasteiger partial charge in [-0.1, -0.05) is 18.2 Å². The van der Waals surface area contributed by atoms with Crippen LogP contribution in [0, 0.1) is 29.0 Å². The number of imidazole rings is 1. The van der Waals surface area contributed by atoms with Crippen molar-refractivity contribution in [3.8, 4) is 29.0 Å². The maximum absolute atomic E-state index is 14.4. The van der Waals surface area contributed by atoms with Crippen molar-refractivity contribution in [3.05, 3.63) is 89.8 Å². The summed E-state index contributed by atoms with van der Waals surface area (Å²) >= 11 is 0. The van der Waals surface area contributed by atoms with Crippen molar-refractivity contribution in [2.24, 2.45) is 17.6 Å². The number of carbonyl (C=O) groups is 1. The summed E-state index contributed by atoms with van der Waals surface area (Å²) in [4.78, 5) is 25.2. The molecule has 2 unspecified atom stereocenters. The van der Waals surface area contributed by atoms with E-state index in [1.54, 1.807) is 24.1 Å². The van der Waals surface area contributed by atoms with Gasteiger partial charge in [-0.25, -0.2) is 19.0 Å². The van der Waals surface area contributed by atoms with E-state index in [0.29, 0.717) is 47.4 Å². The third-order valence-corrected chi connectivity index (χ3v) is 11.1. The fourth-order valence-corrected chi connectivity index (χ4v) is 8.20. The minimum Gasteiger partial charge on any atom is -0.494 e. The third kappa shape index (κ3) is 4.79. The Morgan fingerprint density at radius 3 is 2.68 bits per heavy atom. The smallest absolute Gasteiger partial charge is 0.254 e. The van der Waals surface area contributed by atoms with Gasteiger partial charge < -0.3 is 24.5 Å². The van der Waals surface area contributed by atoms with Crippen molar-refractivity contribution >= 4 is 27.8 Å². The second-order valence-electron chi connectivity index (χ2n) is 14.3. The third-order valence-electron chi connectivity index (χ3n) is 11.1. The summed E-state index contributed by atoms with van der Waals surface area (Å²) in [5.74, 6) is 1.43. The Hall–Kier alpha value is -5.54. The molecule has 2 saturated carbocycles. The van der Waals surface area contributed by atoms with Gasteiger partial charge in [0, 0.05) is 52.9 Å². The number of carbonyl (C=O) groups excluding carboxylic acids is 1. The van der Waals surface area contributed by atoms with Gasteiger partial charge in [0.05, 0.1) is 49.0 Å². The number of nitrogens with zero attached hydrogens (tertiary/aromatic N) is 8. The van der Waals surface area contributed by atoms with Crippen LogP contribution in [0.5, 0.6) is 5.75 Å². The lowest BCUT2D eigenvalue weighted by molar-refractivity contribution is 0.0691. The number of nitriles is 1. The summed E-state index contributed by atoms with van der Waals surface area (Å²) in [6.07, 6.45) is 9.31. The number of amides is 1. The zero-order valence-corrected chi connectivity index (χ0v) is 27.9. The number of benzene rings is 2. The molecule has 9 rings (SSSR count). The van der Waals surface area contributed by atoms with Crippen LogP contribution in [-0.2, 0) is 13.1 Å². The molecule has 2 aliphatic carbocycles. The van der Waals surface area contributed by atoms with E-state index < -0.39 is 11.4 Å². The first-order valence-corrected chi connectivity index (χ1v) is 17.1. The molecule has 1 aliphatic heterocycles. The van der Waals surface area contributed by atoms with Crippen LogP contribution in [0.25, 0.3) is 39.1 Å². The van der Waals surface area contributed by atoms with Crippen LogP contribution in [0.3, 0.4) is 0 Å². The Kier molecular flexibility index (Phi) is 6.86. The largest absolute Gasteiger partial charge is 0.494 e. The zero-order valence-electron chi connectivity index (χ0n) is 27.9. The van der Waals surface area contributed by atoms with E-state index in [4.69, 9.17) is 20.7 Å². The van der Waals surface area contributed by atoms with Crippen LogP contribution in [0.15, 0.2) is 67.1 Å². The van der Waals surface area contributed by atoms with Gasteiger partial charge in [-0.15, -0.1) is 0 Å². The molecule has 1 saturated heterocycles. The lowest BCUT2D eigenvalue weighted by Crippen LogP contribution is -2.49. The summed E-state index contributed by atoms with van der Waals surface area (Å²) in [5, 5.41) is 14.7. The van der Waals surface area contributed by atoms with E-state index in [2.05, 4.69) is 50.4 Å². The molecule has 2 N–H and O–H groups in total. The second-order valence-corrected chi connectivity index (χ2v) is 14.3. The minimum atomic E-state index is -0.707. The summed E-state index contributed by atoms with van der Waals surface area (Å²) in [6, 6.07) is 17.3. The SMILES string of the molecule is COc1cc(C(=O)N2CC3CCC2[C@]3(C)N)cc2nc(-c3cc4ccccc4n3CC3CC3)n(Cc3cnn(-c4cnc(C#N)c(F)c4)c3)c12. The Morgan fingerprint density at radius 2 is 1.96 bits per heavy atom. The molecule has 4 aromatic heterocycles. The average Bonchev–Trinajstić information content (AvgIpc) is 3.37. The van der Waals surface area contributed by atoms with Crippen LogP contribution in [0.2, 0.25) is 0 Å². The van der Waals surface area contributed by atoms with Crippen LogP contribution in [0.1, 0.15) is 54.2 Å². The fraction of sp³-hybridized carbons (Fsp3) is 0.342. The topological polar surface area (TPSA) is 133 Å². The number of hydrogen-bond donors (Lipinski definition) is 1. The standard InChI is InChI=1S/C38H36FN9O2/c1-38(41)26-9-10-34(38)46(21-26)37(49)25-11-29-35(33(13-25)50-2)47(19-23-16-43-48(20-23)27-14-28(39)30(15-40)42-17-27)36(44-29)32-12-24-5-3-4-6-31(24)45(32)18-22-7-8-22/h3-6,11-14,16-17,20,22,26,34H,7-10,18-19,21,41H2,1-2H3/t26?,34?,38-/m1/s1. The molecule has 2 bridgehead atoms. The van der Waals surface area contributed by atoms with Gasteiger partial charge in [0.25, 0.3) is 5.91 Å². The molecule has 11 nitrogen and oxygen atoms in total. The van der Waals surface area contributed by atoms with E-state index in [0.717, 1.165) is 52.9 Å². The first kappa shape index (κ1) is 30.5. The lowest BCUT2D eigenvalue weighted by Gasteiger charge is -2.29. The first-order chi connectivity index (χ1) is 24.2. The number of nitrogens with two attached hydrogens (primary N) is 1. The van der Waals surface area contributed by atoms with Gasteiger partial charge >= 0.3 is 0 Å². The minimum absolute atomic E-state index is 0.00394. The van der Waals surface area contributed by atoms with Crippen molar-refractivity contribution in [2.75, 3.05) is 13.7 Å². The highest BCUT2D eigenvalue weighted by atomic mass is 19.1. The molecule has 0 radical (unpaired) electrons. The van der Waals surface area contributed by atoms with E-state index in [-0.39, 0.29) is 17.6 Å². The van der Waals surface area contributed by atoms with Crippen LogP contribution in [0.4, 0.5) is 4.39 Å². The van der Waals surface area contributed by atoms with Crippen molar-refractivity contribution in [2.45, 2.75) is 57.3 Å². The van der Waals surface area contributed by atoms with Crippen molar-refractivity contribution in [1.82, 2.24) is 33.8 Å². The summed E-state index contributed by atoms with van der Waals surface area (Å²) in [7, 11) is 1.61. The molecule has 12 heteroatoms. The number of halogens is 1. The van der Waals surface area contributed by atoms with Crippen LogP contribution >= 0.6 is 0 Å². The number of rotatable bonds is 8. The Balaban J connectivity index is 1.18. The van der Waals surface area contributed by atoms with Gasteiger partial charge in [-0.3, -0.25) is 4.79 Å². The molecular weight excluding hydrogens is 633 g/mol. The quantitative estimate of drug-likeness (QED) is 0.221. The fourth-order valence-electron chi connectivity index (χ4n) is 8.20. The Morgan fingerprint density at radius 1 is 1.12 bits per heavy atom. The molecule has 3 aliphatic rings. The zero-order chi connectivity index (χ0) is 34.3. The number of fused-ring (bicyclic) bond motifs is 4.